The van der Waals surface area contributed by atoms with Gasteiger partial charge >= 0.3 is 88.7 Å². The Balaban J connectivity index is -0.0000000133. The summed E-state index contributed by atoms with van der Waals surface area (Å²) in [7, 11) is 0. The Morgan fingerprint density at radius 2 is 1.11 bits per heavy atom. The van der Waals surface area contributed by atoms with Crippen molar-refractivity contribution < 1.29 is 115 Å². The largest absolute Gasteiger partial charge is 1.00 e. The van der Waals surface area contributed by atoms with Crippen molar-refractivity contribution in [1.29, 1.82) is 0 Å². The number of hydrogen-bond donors (Lipinski definition) is 0. The smallest absolute Gasteiger partial charge is 1.00 e. The monoisotopic (exact) mass is 218 g/mol. The van der Waals surface area contributed by atoms with Crippen molar-refractivity contribution in [2.45, 2.75) is 0 Å². The van der Waals surface area contributed by atoms with Crippen molar-refractivity contribution in [1.82, 2.24) is 0 Å². The molecule has 0 saturated heterocycles. The minimum atomic E-state index is -4.67. The van der Waals surface area contributed by atoms with Crippen LogP contribution in [0.25, 0.3) is 0 Å². The van der Waals surface area contributed by atoms with Gasteiger partial charge < -0.3 is 26.8 Å². The van der Waals surface area contributed by atoms with Crippen LogP contribution in [-0.2, 0) is 4.57 Å². The van der Waals surface area contributed by atoms with Crippen LogP contribution in [0.5, 0.6) is 0 Å². The van der Waals surface area contributed by atoms with Gasteiger partial charge in [0, 0.05) is 6.95 Å². The first kappa shape index (κ1) is 29.3. The normalized spacial score (nSPS) is 6.56. The molecule has 0 aromatic heterocycles. The zero-order chi connectivity index (χ0) is 4.50. The van der Waals surface area contributed by atoms with E-state index in [9.17, 15) is 0 Å². The molecule has 0 spiro atoms. The van der Waals surface area contributed by atoms with Crippen LogP contribution in [0.1, 0.15) is 0 Å². The first-order chi connectivity index (χ1) is 2.00. The Labute approximate surface area is 131 Å². The molecular formula is Cl2Na3O3P. The van der Waals surface area contributed by atoms with E-state index in [1.165, 1.54) is 0 Å². The average Bonchev–Trinajstić information content (AvgIpc) is 0.722. The average molecular weight is 219 g/mol. The first-order valence-electron chi connectivity index (χ1n) is 0.717. The Bertz CT molecular complexity index is 63.2. The van der Waals surface area contributed by atoms with Crippen LogP contribution in [0.15, 0.2) is 0 Å². The third kappa shape index (κ3) is 79.8. The molecule has 0 amide bonds. The van der Waals surface area contributed by atoms with Crippen molar-refractivity contribution in [2.75, 3.05) is 0 Å². The predicted octanol–water partition coefficient (Wildman–Crippen LogP) is -12.9. The van der Waals surface area contributed by atoms with Gasteiger partial charge in [-0.25, -0.2) is 0 Å². The molecule has 40 valence electrons. The van der Waals surface area contributed by atoms with E-state index in [4.69, 9.17) is 14.4 Å². The molecule has 9 heavy (non-hydrogen) atoms. The fraction of sp³-hybridized carbons (Fsp3) is 0. The second kappa shape index (κ2) is 14.3. The third-order valence-electron chi connectivity index (χ3n) is 0. The summed E-state index contributed by atoms with van der Waals surface area (Å²) in [5.74, 6) is 0. The molecule has 0 radical (unpaired) electrons. The van der Waals surface area contributed by atoms with Gasteiger partial charge in [-0.15, -0.1) is 0 Å². The van der Waals surface area contributed by atoms with Crippen LogP contribution in [0.3, 0.4) is 0 Å². The van der Waals surface area contributed by atoms with Gasteiger partial charge in [0.1, 0.15) is 0 Å². The molecule has 0 N–H and O–H groups in total. The van der Waals surface area contributed by atoms with E-state index < -0.39 is 6.95 Å². The quantitative estimate of drug-likeness (QED) is 0.300. The summed E-state index contributed by atoms with van der Waals surface area (Å²) < 4.78 is 8.87. The number of rotatable bonds is 0. The van der Waals surface area contributed by atoms with Gasteiger partial charge in [-0.2, -0.15) is 0 Å². The van der Waals surface area contributed by atoms with Crippen LogP contribution in [0.2, 0.25) is 0 Å². The van der Waals surface area contributed by atoms with Crippen molar-refractivity contribution in [3.8, 4) is 0 Å². The third-order valence-corrected chi connectivity index (χ3v) is 0. The van der Waals surface area contributed by atoms with Gasteiger partial charge in [-0.1, -0.05) is 11.2 Å². The molecule has 0 atom stereocenters. The summed E-state index contributed by atoms with van der Waals surface area (Å²) in [6, 6.07) is 0. The second-order valence-electron chi connectivity index (χ2n) is 0.431. The van der Waals surface area contributed by atoms with Crippen LogP contribution >= 0.6 is 18.2 Å². The first-order valence-corrected chi connectivity index (χ1v) is 3.16. The summed E-state index contributed by atoms with van der Waals surface area (Å²) in [6.07, 6.45) is 0. The summed E-state index contributed by atoms with van der Waals surface area (Å²) in [5, 5.41) is 0. The van der Waals surface area contributed by atoms with Crippen LogP contribution in [-0.4, -0.2) is 0 Å². The van der Waals surface area contributed by atoms with Crippen molar-refractivity contribution in [2.24, 2.45) is 0 Å². The molecule has 0 saturated carbocycles. The zero-order valence-electron chi connectivity index (χ0n) is 5.43. The number of halogens is 2. The standard InChI is InChI=1S/ClH2O3P.ClH.3Na/c1-5(2,3)4;;;;/h(H2,2,3,4);1H;;;/q;;3*+1/p-3. The SMILES string of the molecule is O=P([O-])([O-])Cl.[Cl-].[Na+].[Na+].[Na+]. The molecule has 0 aliphatic rings. The Hall–Kier alpha value is 3.73. The second-order valence-corrected chi connectivity index (χ2v) is 2.53. The molecule has 0 aromatic rings. The molecular weight excluding hydrogens is 219 g/mol. The fourth-order valence-corrected chi connectivity index (χ4v) is 0. The van der Waals surface area contributed by atoms with Crippen LogP contribution in [0.4, 0.5) is 0 Å². The van der Waals surface area contributed by atoms with Gasteiger partial charge in [0.2, 0.25) is 0 Å². The molecule has 0 rings (SSSR count). The van der Waals surface area contributed by atoms with Gasteiger partial charge in [-0.05, 0) is 0 Å². The van der Waals surface area contributed by atoms with E-state index in [-0.39, 0.29) is 101 Å². The summed E-state index contributed by atoms with van der Waals surface area (Å²) in [6.45, 7) is -4.67. The molecule has 0 heterocycles. The van der Waals surface area contributed by atoms with Crippen LogP contribution < -0.4 is 111 Å². The molecule has 0 bridgehead atoms. The van der Waals surface area contributed by atoms with E-state index in [0.29, 0.717) is 0 Å². The number of hydrogen-bond acceptors (Lipinski definition) is 3. The molecule has 3 nitrogen and oxygen atoms in total. The maximum atomic E-state index is 8.87. The molecule has 0 aromatic carbocycles. The summed E-state index contributed by atoms with van der Waals surface area (Å²) in [5.41, 5.74) is 0. The molecule has 9 heteroatoms. The minimum absolute atomic E-state index is 0. The van der Waals surface area contributed by atoms with E-state index in [1.54, 1.807) is 0 Å². The summed E-state index contributed by atoms with van der Waals surface area (Å²) >= 11 is 3.97. The van der Waals surface area contributed by atoms with Gasteiger partial charge in [0.15, 0.2) is 0 Å². The molecule has 0 unspecified atom stereocenters. The van der Waals surface area contributed by atoms with Crippen molar-refractivity contribution >= 4 is 18.2 Å². The van der Waals surface area contributed by atoms with Gasteiger partial charge in [0.05, 0.1) is 0 Å². The Kier molecular flexibility index (Phi) is 46.5. The van der Waals surface area contributed by atoms with E-state index in [2.05, 4.69) is 11.2 Å². The van der Waals surface area contributed by atoms with Crippen molar-refractivity contribution in [3.63, 3.8) is 0 Å². The Morgan fingerprint density at radius 3 is 1.11 bits per heavy atom. The molecule has 0 fully saturated rings. The van der Waals surface area contributed by atoms with Crippen molar-refractivity contribution in [3.05, 3.63) is 0 Å². The predicted molar refractivity (Wildman–Crippen MR) is 13.5 cm³/mol. The topological polar surface area (TPSA) is 63.2 Å². The van der Waals surface area contributed by atoms with Gasteiger partial charge in [0.25, 0.3) is 0 Å². The molecule has 0 aliphatic carbocycles. The van der Waals surface area contributed by atoms with Gasteiger partial charge in [-0.3, -0.25) is 0 Å². The maximum Gasteiger partial charge on any atom is 1.00 e. The fourth-order valence-electron chi connectivity index (χ4n) is 0. The van der Waals surface area contributed by atoms with E-state index >= 15 is 0 Å². The Morgan fingerprint density at radius 1 is 1.11 bits per heavy atom. The summed E-state index contributed by atoms with van der Waals surface area (Å²) in [4.78, 5) is 17.7. The minimum Gasteiger partial charge on any atom is -1.00 e. The maximum absolute atomic E-state index is 8.87. The zero-order valence-corrected chi connectivity index (χ0v) is 13.8. The van der Waals surface area contributed by atoms with E-state index in [0.717, 1.165) is 0 Å². The molecule has 0 aliphatic heterocycles. The van der Waals surface area contributed by atoms with Crippen LogP contribution in [0, 0.1) is 0 Å². The van der Waals surface area contributed by atoms with E-state index in [1.807, 2.05) is 0 Å².